The number of aromatic nitrogens is 4. The zero-order chi connectivity index (χ0) is 31.7. The minimum atomic E-state index is 0.605. The lowest BCUT2D eigenvalue weighted by Gasteiger charge is -2.17. The molecule has 2 heterocycles. The van der Waals surface area contributed by atoms with Crippen molar-refractivity contribution in [3.05, 3.63) is 157 Å². The van der Waals surface area contributed by atoms with E-state index in [0.717, 1.165) is 35.0 Å². The zero-order valence-corrected chi connectivity index (χ0v) is 26.6. The van der Waals surface area contributed by atoms with Crippen LogP contribution >= 0.6 is 0 Å². The van der Waals surface area contributed by atoms with Gasteiger partial charge in [-0.1, -0.05) is 147 Å². The largest absolute Gasteiger partial charge is 0.277 e. The van der Waals surface area contributed by atoms with Crippen LogP contribution in [0.1, 0.15) is 25.0 Å². The van der Waals surface area contributed by atoms with Crippen molar-refractivity contribution in [1.29, 1.82) is 0 Å². The molecule has 0 fully saturated rings. The normalized spacial score (nSPS) is 11.4. The number of fused-ring (bicyclic) bond motifs is 3. The van der Waals surface area contributed by atoms with Gasteiger partial charge in [0.2, 0.25) is 5.95 Å². The van der Waals surface area contributed by atoms with Crippen molar-refractivity contribution in [1.82, 2.24) is 19.5 Å². The van der Waals surface area contributed by atoms with Crippen LogP contribution < -0.4 is 0 Å². The van der Waals surface area contributed by atoms with Gasteiger partial charge in [0.25, 0.3) is 0 Å². The third-order valence-electron chi connectivity index (χ3n) is 9.06. The van der Waals surface area contributed by atoms with Crippen LogP contribution in [0, 0.1) is 0 Å². The van der Waals surface area contributed by atoms with E-state index in [-0.39, 0.29) is 0 Å². The molecule has 0 atom stereocenters. The number of aryl methyl sites for hydroxylation is 2. The van der Waals surface area contributed by atoms with E-state index in [4.69, 9.17) is 15.0 Å². The predicted molar refractivity (Wildman–Crippen MR) is 195 cm³/mol. The highest BCUT2D eigenvalue weighted by atomic mass is 15.2. The maximum atomic E-state index is 5.23. The van der Waals surface area contributed by atoms with E-state index in [1.165, 1.54) is 44.2 Å². The van der Waals surface area contributed by atoms with Crippen LogP contribution in [0.25, 0.3) is 72.8 Å². The molecule has 0 N–H and O–H groups in total. The Bertz CT molecular complexity index is 2300. The Morgan fingerprint density at radius 3 is 1.66 bits per heavy atom. The molecule has 8 aromatic rings. The number of rotatable bonds is 7. The number of hydrogen-bond donors (Lipinski definition) is 0. The summed E-state index contributed by atoms with van der Waals surface area (Å²) in [6.07, 6.45) is 1.85. The highest BCUT2D eigenvalue weighted by Crippen LogP contribution is 2.42. The van der Waals surface area contributed by atoms with Crippen LogP contribution in [-0.4, -0.2) is 19.5 Å². The first-order valence-corrected chi connectivity index (χ1v) is 16.3. The van der Waals surface area contributed by atoms with Gasteiger partial charge in [-0.2, -0.15) is 9.97 Å². The van der Waals surface area contributed by atoms with Crippen molar-refractivity contribution in [3.63, 3.8) is 0 Å². The molecule has 0 aliphatic carbocycles. The summed E-state index contributed by atoms with van der Waals surface area (Å²) in [6.45, 7) is 4.47. The van der Waals surface area contributed by atoms with E-state index in [2.05, 4.69) is 128 Å². The maximum absolute atomic E-state index is 5.23. The zero-order valence-electron chi connectivity index (χ0n) is 26.6. The third-order valence-corrected chi connectivity index (χ3v) is 9.06. The van der Waals surface area contributed by atoms with Crippen LogP contribution in [0.2, 0.25) is 0 Å². The molecule has 8 rings (SSSR count). The molecule has 0 radical (unpaired) electrons. The first-order chi connectivity index (χ1) is 23.2. The van der Waals surface area contributed by atoms with Crippen LogP contribution in [0.4, 0.5) is 0 Å². The molecule has 0 aliphatic heterocycles. The predicted octanol–water partition coefficient (Wildman–Crippen LogP) is 10.8. The molecule has 4 nitrogen and oxygen atoms in total. The topological polar surface area (TPSA) is 43.6 Å². The average molecular weight is 607 g/mol. The number of hydrogen-bond acceptors (Lipinski definition) is 3. The summed E-state index contributed by atoms with van der Waals surface area (Å²) >= 11 is 0. The second-order valence-electron chi connectivity index (χ2n) is 11.8. The molecular weight excluding hydrogens is 573 g/mol. The summed E-state index contributed by atoms with van der Waals surface area (Å²) in [5.74, 6) is 1.90. The Balaban J connectivity index is 1.52. The van der Waals surface area contributed by atoms with Gasteiger partial charge in [-0.25, -0.2) is 4.98 Å². The fourth-order valence-electron chi connectivity index (χ4n) is 6.73. The molecule has 0 unspecified atom stereocenters. The van der Waals surface area contributed by atoms with Gasteiger partial charge in [0.05, 0.1) is 11.0 Å². The molecule has 0 saturated heterocycles. The molecule has 0 aliphatic rings. The highest BCUT2D eigenvalue weighted by Gasteiger charge is 2.23. The van der Waals surface area contributed by atoms with Crippen molar-refractivity contribution in [2.24, 2.45) is 0 Å². The van der Waals surface area contributed by atoms with Gasteiger partial charge in [0.15, 0.2) is 11.6 Å². The Labute approximate surface area is 275 Å². The van der Waals surface area contributed by atoms with E-state index < -0.39 is 0 Å². The lowest BCUT2D eigenvalue weighted by molar-refractivity contribution is 0.952. The Kier molecular flexibility index (Phi) is 7.39. The number of nitrogens with zero attached hydrogens (tertiary/aromatic N) is 4. The molecule has 226 valence electrons. The van der Waals surface area contributed by atoms with Crippen LogP contribution in [0.3, 0.4) is 0 Å². The monoisotopic (exact) mass is 606 g/mol. The van der Waals surface area contributed by atoms with Gasteiger partial charge in [0, 0.05) is 27.5 Å². The average Bonchev–Trinajstić information content (AvgIpc) is 3.49. The van der Waals surface area contributed by atoms with Crippen molar-refractivity contribution >= 4 is 21.8 Å². The van der Waals surface area contributed by atoms with Gasteiger partial charge in [0.1, 0.15) is 0 Å². The fraction of sp³-hybridized carbons (Fsp3) is 0.0930. The van der Waals surface area contributed by atoms with Gasteiger partial charge < -0.3 is 0 Å². The van der Waals surface area contributed by atoms with Crippen molar-refractivity contribution in [2.75, 3.05) is 0 Å². The van der Waals surface area contributed by atoms with Crippen LogP contribution in [-0.2, 0) is 12.8 Å². The fourth-order valence-corrected chi connectivity index (χ4v) is 6.73. The maximum Gasteiger partial charge on any atom is 0.238 e. The first kappa shape index (κ1) is 28.6. The smallest absolute Gasteiger partial charge is 0.238 e. The molecule has 0 bridgehead atoms. The van der Waals surface area contributed by atoms with E-state index in [1.54, 1.807) is 0 Å². The Morgan fingerprint density at radius 1 is 0.468 bits per heavy atom. The summed E-state index contributed by atoms with van der Waals surface area (Å²) in [4.78, 5) is 15.5. The molecule has 0 amide bonds. The molecule has 6 aromatic carbocycles. The van der Waals surface area contributed by atoms with Crippen molar-refractivity contribution in [3.8, 4) is 51.0 Å². The van der Waals surface area contributed by atoms with E-state index in [9.17, 15) is 0 Å². The second kappa shape index (κ2) is 12.1. The van der Waals surface area contributed by atoms with Gasteiger partial charge in [-0.05, 0) is 52.8 Å². The van der Waals surface area contributed by atoms with E-state index >= 15 is 0 Å². The van der Waals surface area contributed by atoms with E-state index in [1.807, 2.05) is 36.4 Å². The van der Waals surface area contributed by atoms with Gasteiger partial charge in [-0.3, -0.25) is 4.57 Å². The quantitative estimate of drug-likeness (QED) is 0.181. The first-order valence-electron chi connectivity index (χ1n) is 16.3. The summed E-state index contributed by atoms with van der Waals surface area (Å²) in [6, 6.07) is 51.1. The summed E-state index contributed by atoms with van der Waals surface area (Å²) < 4.78 is 2.28. The highest BCUT2D eigenvalue weighted by molar-refractivity contribution is 6.15. The summed E-state index contributed by atoms with van der Waals surface area (Å²) in [5.41, 5.74) is 11.6. The minimum absolute atomic E-state index is 0.605. The molecule has 4 heteroatoms. The Hall–Kier alpha value is -5.87. The molecule has 0 spiro atoms. The number of benzene rings is 6. The van der Waals surface area contributed by atoms with Crippen molar-refractivity contribution in [2.45, 2.75) is 26.7 Å². The van der Waals surface area contributed by atoms with Gasteiger partial charge in [-0.15, -0.1) is 0 Å². The lowest BCUT2D eigenvalue weighted by atomic mass is 9.91. The molecule has 0 saturated carbocycles. The van der Waals surface area contributed by atoms with Crippen molar-refractivity contribution < 1.29 is 0 Å². The SMILES string of the molecule is CCc1ccccc1-c1c(CC)ccc2c3cc(-c4ccccc4)ccc3n(-c3nc(-c4ccccc4)nc(-c4ccccc4)n3)c12. The van der Waals surface area contributed by atoms with Gasteiger partial charge >= 0.3 is 0 Å². The van der Waals surface area contributed by atoms with Crippen LogP contribution in [0.15, 0.2) is 146 Å². The second-order valence-corrected chi connectivity index (χ2v) is 11.8. The summed E-state index contributed by atoms with van der Waals surface area (Å²) in [7, 11) is 0. The molecule has 47 heavy (non-hydrogen) atoms. The van der Waals surface area contributed by atoms with E-state index in [0.29, 0.717) is 17.6 Å². The summed E-state index contributed by atoms with van der Waals surface area (Å²) in [5, 5.41) is 2.35. The minimum Gasteiger partial charge on any atom is -0.277 e. The molecule has 2 aromatic heterocycles. The Morgan fingerprint density at radius 2 is 1.04 bits per heavy atom. The molecular formula is C43H34N4. The lowest BCUT2D eigenvalue weighted by Crippen LogP contribution is -2.07. The van der Waals surface area contributed by atoms with Crippen LogP contribution in [0.5, 0.6) is 0 Å². The third kappa shape index (κ3) is 5.08. The standard InChI is InChI=1S/C43H34N4/c1-3-29-16-14-15-23-35(29)39-30(4-2)24-26-36-37-28-34(31-17-8-5-9-18-31)25-27-38(37)47(40(36)39)43-45-41(32-19-10-6-11-20-32)44-42(46-43)33-21-12-7-13-22-33/h5-28H,3-4H2,1-2H3.